The van der Waals surface area contributed by atoms with Gasteiger partial charge in [0.15, 0.2) is 0 Å². The van der Waals surface area contributed by atoms with Crippen molar-refractivity contribution in [2.75, 3.05) is 33.4 Å². The molecule has 0 radical (unpaired) electrons. The first kappa shape index (κ1) is 18.5. The second-order valence-electron chi connectivity index (χ2n) is 8.43. The third-order valence-electron chi connectivity index (χ3n) is 6.77. The van der Waals surface area contributed by atoms with E-state index in [2.05, 4.69) is 31.2 Å². The summed E-state index contributed by atoms with van der Waals surface area (Å²) in [6.07, 6.45) is 5.25. The fraction of sp³-hybridized carbons (Fsp3) is 0.636. The Morgan fingerprint density at radius 2 is 1.74 bits per heavy atom. The van der Waals surface area contributed by atoms with Gasteiger partial charge in [-0.05, 0) is 51.0 Å². The SMILES string of the molecule is COCCN1CCCC2(CCCN2C(=O)C2(c3ccc(C)cc3)CC2)C1=O. The molecule has 1 unspecified atom stereocenters. The minimum atomic E-state index is -0.622. The summed E-state index contributed by atoms with van der Waals surface area (Å²) < 4.78 is 5.18. The van der Waals surface area contributed by atoms with E-state index < -0.39 is 11.0 Å². The normalized spacial score (nSPS) is 26.7. The average molecular weight is 370 g/mol. The summed E-state index contributed by atoms with van der Waals surface area (Å²) in [7, 11) is 1.66. The van der Waals surface area contributed by atoms with E-state index in [1.54, 1.807) is 7.11 Å². The summed E-state index contributed by atoms with van der Waals surface area (Å²) in [5, 5.41) is 0. The van der Waals surface area contributed by atoms with Crippen LogP contribution >= 0.6 is 0 Å². The van der Waals surface area contributed by atoms with Crippen molar-refractivity contribution in [1.82, 2.24) is 9.80 Å². The van der Waals surface area contributed by atoms with Crippen LogP contribution in [0.3, 0.4) is 0 Å². The molecule has 2 heterocycles. The van der Waals surface area contributed by atoms with E-state index in [-0.39, 0.29) is 11.8 Å². The highest BCUT2D eigenvalue weighted by atomic mass is 16.5. The van der Waals surface area contributed by atoms with E-state index in [1.165, 1.54) is 5.56 Å². The lowest BCUT2D eigenvalue weighted by Gasteiger charge is -2.45. The standard InChI is InChI=1S/C22H30N2O3/c1-17-5-7-18(8-6-17)21(11-12-21)19(25)24-14-4-10-22(24)9-3-13-23(20(22)26)15-16-27-2/h5-8H,3-4,9-16H2,1-2H3. The van der Waals surface area contributed by atoms with Crippen LogP contribution in [0.2, 0.25) is 0 Å². The van der Waals surface area contributed by atoms with Gasteiger partial charge in [-0.25, -0.2) is 0 Å². The number of ether oxygens (including phenoxy) is 1. The molecule has 27 heavy (non-hydrogen) atoms. The monoisotopic (exact) mass is 370 g/mol. The van der Waals surface area contributed by atoms with Crippen molar-refractivity contribution in [2.24, 2.45) is 0 Å². The number of aryl methyl sites for hydroxylation is 1. The zero-order valence-electron chi connectivity index (χ0n) is 16.5. The summed E-state index contributed by atoms with van der Waals surface area (Å²) in [5.74, 6) is 0.308. The van der Waals surface area contributed by atoms with Crippen molar-refractivity contribution in [3.63, 3.8) is 0 Å². The number of hydrogen-bond donors (Lipinski definition) is 0. The maximum atomic E-state index is 13.7. The summed E-state index contributed by atoms with van der Waals surface area (Å²) in [5.41, 5.74) is 1.29. The van der Waals surface area contributed by atoms with E-state index in [4.69, 9.17) is 4.74 Å². The van der Waals surface area contributed by atoms with Crippen molar-refractivity contribution in [3.05, 3.63) is 35.4 Å². The van der Waals surface area contributed by atoms with E-state index in [0.717, 1.165) is 50.6 Å². The van der Waals surface area contributed by atoms with Crippen LogP contribution in [0.1, 0.15) is 49.7 Å². The lowest BCUT2D eigenvalue weighted by atomic mass is 9.83. The highest BCUT2D eigenvalue weighted by Crippen LogP contribution is 2.52. The minimum absolute atomic E-state index is 0.136. The number of amides is 2. The molecule has 5 heteroatoms. The van der Waals surface area contributed by atoms with E-state index in [9.17, 15) is 9.59 Å². The van der Waals surface area contributed by atoms with Crippen LogP contribution in [0.5, 0.6) is 0 Å². The molecule has 3 aliphatic rings. The van der Waals surface area contributed by atoms with Crippen LogP contribution in [-0.2, 0) is 19.7 Å². The molecule has 1 atom stereocenters. The van der Waals surface area contributed by atoms with Crippen LogP contribution < -0.4 is 0 Å². The predicted molar refractivity (Wildman–Crippen MR) is 103 cm³/mol. The molecule has 2 saturated heterocycles. The van der Waals surface area contributed by atoms with E-state index >= 15 is 0 Å². The van der Waals surface area contributed by atoms with Crippen molar-refractivity contribution < 1.29 is 14.3 Å². The number of piperidine rings is 1. The molecule has 2 amide bonds. The minimum Gasteiger partial charge on any atom is -0.383 e. The van der Waals surface area contributed by atoms with Gasteiger partial charge in [-0.2, -0.15) is 0 Å². The maximum Gasteiger partial charge on any atom is 0.248 e. The third-order valence-corrected chi connectivity index (χ3v) is 6.77. The number of methoxy groups -OCH3 is 1. The highest BCUT2D eigenvalue weighted by molar-refractivity contribution is 5.98. The quantitative estimate of drug-likeness (QED) is 0.801. The number of rotatable bonds is 5. The molecule has 1 saturated carbocycles. The van der Waals surface area contributed by atoms with Gasteiger partial charge >= 0.3 is 0 Å². The number of carbonyl (C=O) groups is 2. The third kappa shape index (κ3) is 2.96. The van der Waals surface area contributed by atoms with Crippen LogP contribution in [0.15, 0.2) is 24.3 Å². The maximum absolute atomic E-state index is 13.7. The van der Waals surface area contributed by atoms with Crippen LogP contribution in [0.4, 0.5) is 0 Å². The molecular formula is C22H30N2O3. The molecule has 1 spiro atoms. The Balaban J connectivity index is 1.60. The Kier molecular flexibility index (Phi) is 4.75. The second-order valence-corrected chi connectivity index (χ2v) is 8.43. The summed E-state index contributed by atoms with van der Waals surface area (Å²) in [6, 6.07) is 8.36. The van der Waals surface area contributed by atoms with Gasteiger partial charge in [0, 0.05) is 26.7 Å². The average Bonchev–Trinajstić information content (AvgIpc) is 3.38. The number of benzene rings is 1. The molecule has 0 aromatic heterocycles. The first-order valence-electron chi connectivity index (χ1n) is 10.2. The highest BCUT2D eigenvalue weighted by Gasteiger charge is 2.60. The fourth-order valence-electron chi connectivity index (χ4n) is 5.02. The first-order valence-corrected chi connectivity index (χ1v) is 10.2. The lowest BCUT2D eigenvalue weighted by molar-refractivity contribution is -0.157. The molecule has 5 nitrogen and oxygen atoms in total. The molecule has 0 N–H and O–H groups in total. The Bertz CT molecular complexity index is 726. The number of nitrogens with zero attached hydrogens (tertiary/aromatic N) is 2. The van der Waals surface area contributed by atoms with Gasteiger partial charge in [-0.3, -0.25) is 9.59 Å². The molecule has 4 rings (SSSR count). The number of hydrogen-bond acceptors (Lipinski definition) is 3. The Hall–Kier alpha value is -1.88. The van der Waals surface area contributed by atoms with Gasteiger partial charge in [-0.1, -0.05) is 29.8 Å². The molecule has 1 aromatic rings. The molecule has 0 bridgehead atoms. The lowest BCUT2D eigenvalue weighted by Crippen LogP contribution is -2.63. The Labute approximate surface area is 161 Å². The van der Waals surface area contributed by atoms with Gasteiger partial charge in [0.05, 0.1) is 12.0 Å². The van der Waals surface area contributed by atoms with Gasteiger partial charge in [-0.15, -0.1) is 0 Å². The molecular weight excluding hydrogens is 340 g/mol. The van der Waals surface area contributed by atoms with Crippen molar-refractivity contribution in [3.8, 4) is 0 Å². The molecule has 1 aromatic carbocycles. The number of carbonyl (C=O) groups excluding carboxylic acids is 2. The molecule has 2 aliphatic heterocycles. The van der Waals surface area contributed by atoms with Crippen LogP contribution in [-0.4, -0.2) is 60.5 Å². The summed E-state index contributed by atoms with van der Waals surface area (Å²) in [4.78, 5) is 30.9. The summed E-state index contributed by atoms with van der Waals surface area (Å²) in [6.45, 7) is 4.70. The van der Waals surface area contributed by atoms with Crippen molar-refractivity contribution in [2.45, 2.75) is 56.4 Å². The smallest absolute Gasteiger partial charge is 0.248 e. The topological polar surface area (TPSA) is 49.9 Å². The van der Waals surface area contributed by atoms with Gasteiger partial charge in [0.2, 0.25) is 11.8 Å². The van der Waals surface area contributed by atoms with Gasteiger partial charge < -0.3 is 14.5 Å². The molecule has 3 fully saturated rings. The first-order chi connectivity index (χ1) is 13.0. The van der Waals surface area contributed by atoms with Crippen molar-refractivity contribution >= 4 is 11.8 Å². The zero-order chi connectivity index (χ0) is 19.1. The second kappa shape index (κ2) is 6.93. The predicted octanol–water partition coefficient (Wildman–Crippen LogP) is 2.66. The zero-order valence-corrected chi connectivity index (χ0v) is 16.5. The largest absolute Gasteiger partial charge is 0.383 e. The molecule has 146 valence electrons. The van der Waals surface area contributed by atoms with E-state index in [1.807, 2.05) is 9.80 Å². The van der Waals surface area contributed by atoms with Gasteiger partial charge in [0.25, 0.3) is 0 Å². The molecule has 1 aliphatic carbocycles. The number of likely N-dealkylation sites (tertiary alicyclic amines) is 2. The van der Waals surface area contributed by atoms with Crippen LogP contribution in [0.25, 0.3) is 0 Å². The van der Waals surface area contributed by atoms with Crippen LogP contribution in [0, 0.1) is 6.92 Å². The fourth-order valence-corrected chi connectivity index (χ4v) is 5.02. The summed E-state index contributed by atoms with van der Waals surface area (Å²) >= 11 is 0. The van der Waals surface area contributed by atoms with E-state index in [0.29, 0.717) is 19.7 Å². The Morgan fingerprint density at radius 3 is 2.37 bits per heavy atom. The van der Waals surface area contributed by atoms with Crippen molar-refractivity contribution in [1.29, 1.82) is 0 Å². The van der Waals surface area contributed by atoms with Gasteiger partial charge in [0.1, 0.15) is 5.54 Å². The Morgan fingerprint density at radius 1 is 1.07 bits per heavy atom.